The van der Waals surface area contributed by atoms with Crippen molar-refractivity contribution in [2.45, 2.75) is 37.3 Å². The van der Waals surface area contributed by atoms with E-state index < -0.39 is 6.04 Å². The van der Waals surface area contributed by atoms with E-state index in [-0.39, 0.29) is 29.6 Å². The Hall–Kier alpha value is -1.91. The molecule has 0 bridgehead atoms. The first-order chi connectivity index (χ1) is 9.15. The summed E-state index contributed by atoms with van der Waals surface area (Å²) in [6.07, 6.45) is 1.70. The monoisotopic (exact) mass is 262 g/mol. The van der Waals surface area contributed by atoms with Crippen LogP contribution < -0.4 is 10.6 Å². The zero-order valence-corrected chi connectivity index (χ0v) is 10.4. The van der Waals surface area contributed by atoms with Crippen molar-refractivity contribution in [2.75, 3.05) is 0 Å². The Bertz CT molecular complexity index is 532. The Morgan fingerprint density at radius 2 is 2.16 bits per heavy atom. The van der Waals surface area contributed by atoms with Gasteiger partial charge in [0.2, 0.25) is 11.8 Å². The van der Waals surface area contributed by atoms with Crippen molar-refractivity contribution >= 4 is 11.8 Å². The van der Waals surface area contributed by atoms with Crippen LogP contribution in [0.25, 0.3) is 0 Å². The van der Waals surface area contributed by atoms with E-state index in [1.165, 1.54) is 6.07 Å². The molecule has 1 aliphatic carbocycles. The van der Waals surface area contributed by atoms with Crippen LogP contribution >= 0.6 is 0 Å². The SMILES string of the molecule is O=C1CCC(C(=O)NC2CC2c2ccccc2F)N1. The van der Waals surface area contributed by atoms with Crippen LogP contribution in [0.15, 0.2) is 24.3 Å². The highest BCUT2D eigenvalue weighted by atomic mass is 19.1. The third-order valence-corrected chi connectivity index (χ3v) is 3.73. The number of benzene rings is 1. The van der Waals surface area contributed by atoms with Crippen molar-refractivity contribution in [1.29, 1.82) is 0 Å². The second-order valence-electron chi connectivity index (χ2n) is 5.14. The van der Waals surface area contributed by atoms with Crippen LogP contribution in [0.1, 0.15) is 30.7 Å². The van der Waals surface area contributed by atoms with Crippen LogP contribution in [-0.2, 0) is 9.59 Å². The normalized spacial score (nSPS) is 28.9. The predicted octanol–water partition coefficient (Wildman–Crippen LogP) is 1.08. The van der Waals surface area contributed by atoms with E-state index in [0.717, 1.165) is 6.42 Å². The maximum Gasteiger partial charge on any atom is 0.242 e. The zero-order valence-electron chi connectivity index (χ0n) is 10.4. The van der Waals surface area contributed by atoms with Gasteiger partial charge in [0.25, 0.3) is 0 Å². The Morgan fingerprint density at radius 1 is 1.37 bits per heavy atom. The molecule has 3 rings (SSSR count). The van der Waals surface area contributed by atoms with Gasteiger partial charge >= 0.3 is 0 Å². The Balaban J connectivity index is 1.58. The van der Waals surface area contributed by atoms with Gasteiger partial charge in [0, 0.05) is 18.4 Å². The first-order valence-corrected chi connectivity index (χ1v) is 6.49. The van der Waals surface area contributed by atoms with E-state index in [4.69, 9.17) is 0 Å². The van der Waals surface area contributed by atoms with Crippen LogP contribution in [0.4, 0.5) is 4.39 Å². The third kappa shape index (κ3) is 2.45. The molecular formula is C14H15FN2O2. The topological polar surface area (TPSA) is 58.2 Å². The summed E-state index contributed by atoms with van der Waals surface area (Å²) < 4.78 is 13.6. The number of amides is 2. The van der Waals surface area contributed by atoms with E-state index in [9.17, 15) is 14.0 Å². The average Bonchev–Trinajstić information content (AvgIpc) is 2.99. The molecule has 1 heterocycles. The van der Waals surface area contributed by atoms with Crippen LogP contribution in [-0.4, -0.2) is 23.9 Å². The van der Waals surface area contributed by atoms with Gasteiger partial charge < -0.3 is 10.6 Å². The highest BCUT2D eigenvalue weighted by Gasteiger charge is 2.42. The molecule has 0 radical (unpaired) electrons. The lowest BCUT2D eigenvalue weighted by molar-refractivity contribution is -0.125. The largest absolute Gasteiger partial charge is 0.351 e. The average molecular weight is 262 g/mol. The van der Waals surface area contributed by atoms with Gasteiger partial charge in [-0.05, 0) is 24.5 Å². The Labute approximate surface area is 110 Å². The van der Waals surface area contributed by atoms with E-state index >= 15 is 0 Å². The highest BCUT2D eigenvalue weighted by Crippen LogP contribution is 2.41. The lowest BCUT2D eigenvalue weighted by atomic mass is 10.1. The number of carbonyl (C=O) groups excluding carboxylic acids is 2. The second kappa shape index (κ2) is 4.64. The molecule has 1 saturated carbocycles. The van der Waals surface area contributed by atoms with Gasteiger partial charge in [0.1, 0.15) is 11.9 Å². The second-order valence-corrected chi connectivity index (χ2v) is 5.14. The summed E-state index contributed by atoms with van der Waals surface area (Å²) in [6.45, 7) is 0. The summed E-state index contributed by atoms with van der Waals surface area (Å²) in [6, 6.07) is 6.21. The molecule has 4 nitrogen and oxygen atoms in total. The molecule has 1 aromatic rings. The first-order valence-electron chi connectivity index (χ1n) is 6.49. The van der Waals surface area contributed by atoms with Crippen molar-refractivity contribution < 1.29 is 14.0 Å². The van der Waals surface area contributed by atoms with Gasteiger partial charge in [-0.3, -0.25) is 9.59 Å². The molecule has 3 unspecified atom stereocenters. The lowest BCUT2D eigenvalue weighted by Crippen LogP contribution is -2.42. The van der Waals surface area contributed by atoms with Gasteiger partial charge in [-0.2, -0.15) is 0 Å². The molecule has 100 valence electrons. The molecule has 1 aliphatic heterocycles. The van der Waals surface area contributed by atoms with Crippen molar-refractivity contribution in [3.63, 3.8) is 0 Å². The van der Waals surface area contributed by atoms with E-state index in [0.29, 0.717) is 18.4 Å². The van der Waals surface area contributed by atoms with Gasteiger partial charge in [0.05, 0.1) is 0 Å². The fourth-order valence-corrected chi connectivity index (χ4v) is 2.57. The third-order valence-electron chi connectivity index (χ3n) is 3.73. The molecule has 2 fully saturated rings. The summed E-state index contributed by atoms with van der Waals surface area (Å²) in [4.78, 5) is 22.9. The summed E-state index contributed by atoms with van der Waals surface area (Å²) in [5.74, 6) is -0.406. The van der Waals surface area contributed by atoms with Gasteiger partial charge in [-0.15, -0.1) is 0 Å². The van der Waals surface area contributed by atoms with Crippen LogP contribution in [0, 0.1) is 5.82 Å². The molecule has 2 aliphatic rings. The summed E-state index contributed by atoms with van der Waals surface area (Å²) in [5, 5.41) is 5.50. The van der Waals surface area contributed by atoms with Crippen molar-refractivity contribution in [2.24, 2.45) is 0 Å². The summed E-state index contributed by atoms with van der Waals surface area (Å²) in [7, 11) is 0. The van der Waals surface area contributed by atoms with Crippen molar-refractivity contribution in [3.05, 3.63) is 35.6 Å². The first kappa shape index (κ1) is 12.1. The molecule has 3 atom stereocenters. The van der Waals surface area contributed by atoms with E-state index in [1.54, 1.807) is 18.2 Å². The van der Waals surface area contributed by atoms with Crippen LogP contribution in [0.2, 0.25) is 0 Å². The Kier molecular flexibility index (Phi) is 2.97. The summed E-state index contributed by atoms with van der Waals surface area (Å²) >= 11 is 0. The minimum absolute atomic E-state index is 0.0121. The number of hydrogen-bond donors (Lipinski definition) is 2. The predicted molar refractivity (Wildman–Crippen MR) is 66.9 cm³/mol. The van der Waals surface area contributed by atoms with Crippen molar-refractivity contribution in [1.82, 2.24) is 10.6 Å². The molecule has 1 aromatic carbocycles. The van der Waals surface area contributed by atoms with Gasteiger partial charge in [0.15, 0.2) is 0 Å². The standard InChI is InChI=1S/C14H15FN2O2/c15-10-4-2-1-3-8(10)9-7-12(9)17-14(19)11-5-6-13(18)16-11/h1-4,9,11-12H,5-7H2,(H,16,18)(H,17,19). The van der Waals surface area contributed by atoms with Crippen LogP contribution in [0.3, 0.4) is 0 Å². The number of hydrogen-bond acceptors (Lipinski definition) is 2. The highest BCUT2D eigenvalue weighted by molar-refractivity contribution is 5.91. The molecule has 2 N–H and O–H groups in total. The minimum atomic E-state index is -0.422. The van der Waals surface area contributed by atoms with E-state index in [2.05, 4.69) is 10.6 Å². The maximum absolute atomic E-state index is 13.6. The molecule has 1 saturated heterocycles. The Morgan fingerprint density at radius 3 is 2.84 bits per heavy atom. The maximum atomic E-state index is 13.6. The molecule has 5 heteroatoms. The number of halogens is 1. The summed E-state index contributed by atoms with van der Waals surface area (Å²) in [5.41, 5.74) is 0.656. The number of carbonyl (C=O) groups is 2. The fraction of sp³-hybridized carbons (Fsp3) is 0.429. The zero-order chi connectivity index (χ0) is 13.4. The molecule has 0 spiro atoms. The number of rotatable bonds is 3. The molecule has 19 heavy (non-hydrogen) atoms. The van der Waals surface area contributed by atoms with Crippen LogP contribution in [0.5, 0.6) is 0 Å². The molecular weight excluding hydrogens is 247 g/mol. The molecule has 2 amide bonds. The number of nitrogens with one attached hydrogen (secondary N) is 2. The van der Waals surface area contributed by atoms with Crippen molar-refractivity contribution in [3.8, 4) is 0 Å². The van der Waals surface area contributed by atoms with Gasteiger partial charge in [-0.25, -0.2) is 4.39 Å². The quantitative estimate of drug-likeness (QED) is 0.856. The van der Waals surface area contributed by atoms with E-state index in [1.807, 2.05) is 0 Å². The minimum Gasteiger partial charge on any atom is -0.351 e. The lowest BCUT2D eigenvalue weighted by Gasteiger charge is -2.10. The fourth-order valence-electron chi connectivity index (χ4n) is 2.57. The smallest absolute Gasteiger partial charge is 0.242 e. The molecule has 0 aromatic heterocycles. The van der Waals surface area contributed by atoms with Gasteiger partial charge in [-0.1, -0.05) is 18.2 Å².